The van der Waals surface area contributed by atoms with Crippen molar-refractivity contribution in [1.29, 1.82) is 0 Å². The van der Waals surface area contributed by atoms with Crippen molar-refractivity contribution in [2.45, 2.75) is 26.3 Å². The van der Waals surface area contributed by atoms with E-state index in [1.54, 1.807) is 12.1 Å². The van der Waals surface area contributed by atoms with Gasteiger partial charge >= 0.3 is 0 Å². The lowest BCUT2D eigenvalue weighted by Gasteiger charge is -2.36. The summed E-state index contributed by atoms with van der Waals surface area (Å²) >= 11 is 0. The zero-order chi connectivity index (χ0) is 13.8. The fourth-order valence-electron chi connectivity index (χ4n) is 2.72. The van der Waals surface area contributed by atoms with Gasteiger partial charge in [-0.2, -0.15) is 0 Å². The van der Waals surface area contributed by atoms with E-state index in [-0.39, 0.29) is 17.5 Å². The van der Waals surface area contributed by atoms with Gasteiger partial charge in [0.1, 0.15) is 11.5 Å². The largest absolute Gasteiger partial charge is 0.508 e. The lowest BCUT2D eigenvalue weighted by Crippen LogP contribution is -2.45. The first-order chi connectivity index (χ1) is 9.08. The molecule has 19 heavy (non-hydrogen) atoms. The third kappa shape index (κ3) is 3.61. The minimum Gasteiger partial charge on any atom is -0.508 e. The third-order valence-corrected chi connectivity index (χ3v) is 3.66. The summed E-state index contributed by atoms with van der Waals surface area (Å²) in [5.41, 5.74) is 0.843. The van der Waals surface area contributed by atoms with Crippen molar-refractivity contribution in [3.05, 3.63) is 23.8 Å². The highest BCUT2D eigenvalue weighted by Gasteiger charge is 2.25. The summed E-state index contributed by atoms with van der Waals surface area (Å²) in [6, 6.07) is 4.99. The Labute approximate surface area is 115 Å². The summed E-state index contributed by atoms with van der Waals surface area (Å²) in [4.78, 5) is 2.39. The number of nitrogens with one attached hydrogen (secondary N) is 1. The zero-order valence-corrected chi connectivity index (χ0v) is 11.8. The molecule has 4 heteroatoms. The van der Waals surface area contributed by atoms with Crippen LogP contribution in [-0.4, -0.2) is 41.3 Å². The molecule has 0 spiro atoms. The molecule has 1 heterocycles. The van der Waals surface area contributed by atoms with Crippen LogP contribution in [0.4, 0.5) is 0 Å². The van der Waals surface area contributed by atoms with Crippen LogP contribution in [0.2, 0.25) is 0 Å². The lowest BCUT2D eigenvalue weighted by atomic mass is 9.94. The van der Waals surface area contributed by atoms with Crippen LogP contribution in [0.25, 0.3) is 0 Å². The molecule has 0 aliphatic carbocycles. The quantitative estimate of drug-likeness (QED) is 0.729. The summed E-state index contributed by atoms with van der Waals surface area (Å²) in [5.74, 6) is 1.04. The fraction of sp³-hybridized carbons (Fsp3) is 0.600. The van der Waals surface area contributed by atoms with E-state index >= 15 is 0 Å². The molecular formula is C15H24N2O2. The summed E-state index contributed by atoms with van der Waals surface area (Å²) in [6.07, 6.45) is 0.983. The number of aromatic hydroxyl groups is 2. The van der Waals surface area contributed by atoms with Crippen molar-refractivity contribution in [2.24, 2.45) is 5.92 Å². The second-order valence-electron chi connectivity index (χ2n) is 5.67. The van der Waals surface area contributed by atoms with Gasteiger partial charge in [0.15, 0.2) is 0 Å². The molecule has 1 atom stereocenters. The SMILES string of the molecule is CC(C)C[C@@H](c1cc(O)ccc1O)N1CCNCC1. The first-order valence-electron chi connectivity index (χ1n) is 7.04. The van der Waals surface area contributed by atoms with E-state index in [0.717, 1.165) is 38.2 Å². The standard InChI is InChI=1S/C15H24N2O2/c1-11(2)9-14(17-7-5-16-6-8-17)13-10-12(18)3-4-15(13)19/h3-4,10-11,14,16,18-19H,5-9H2,1-2H3/t14-/m0/s1. The molecule has 1 fully saturated rings. The Morgan fingerprint density at radius 3 is 2.53 bits per heavy atom. The van der Waals surface area contributed by atoms with Gasteiger partial charge in [0.2, 0.25) is 0 Å². The van der Waals surface area contributed by atoms with Crippen LogP contribution in [-0.2, 0) is 0 Å². The normalized spacial score (nSPS) is 18.7. The van der Waals surface area contributed by atoms with Crippen LogP contribution >= 0.6 is 0 Å². The molecule has 0 unspecified atom stereocenters. The first-order valence-corrected chi connectivity index (χ1v) is 7.04. The Morgan fingerprint density at radius 2 is 1.89 bits per heavy atom. The Balaban J connectivity index is 2.27. The molecule has 3 N–H and O–H groups in total. The summed E-state index contributed by atoms with van der Waals surface area (Å²) in [7, 11) is 0. The molecule has 1 aromatic carbocycles. The van der Waals surface area contributed by atoms with E-state index < -0.39 is 0 Å². The monoisotopic (exact) mass is 264 g/mol. The van der Waals surface area contributed by atoms with Crippen molar-refractivity contribution in [2.75, 3.05) is 26.2 Å². The van der Waals surface area contributed by atoms with Gasteiger partial charge in [0.25, 0.3) is 0 Å². The number of piperazine rings is 1. The average molecular weight is 264 g/mol. The molecule has 0 radical (unpaired) electrons. The molecule has 1 saturated heterocycles. The predicted octanol–water partition coefficient (Wildman–Crippen LogP) is 2.09. The molecule has 2 rings (SSSR count). The van der Waals surface area contributed by atoms with Crippen LogP contribution in [0.1, 0.15) is 31.9 Å². The van der Waals surface area contributed by atoms with Crippen molar-refractivity contribution in [1.82, 2.24) is 10.2 Å². The molecule has 1 aromatic rings. The maximum atomic E-state index is 10.1. The molecule has 0 saturated carbocycles. The number of hydrogen-bond acceptors (Lipinski definition) is 4. The van der Waals surface area contributed by atoms with Crippen LogP contribution in [0.15, 0.2) is 18.2 Å². The van der Waals surface area contributed by atoms with Gasteiger partial charge in [-0.1, -0.05) is 13.8 Å². The van der Waals surface area contributed by atoms with Crippen LogP contribution in [0.5, 0.6) is 11.5 Å². The second kappa shape index (κ2) is 6.26. The maximum Gasteiger partial charge on any atom is 0.120 e. The topological polar surface area (TPSA) is 55.7 Å². The predicted molar refractivity (Wildman–Crippen MR) is 76.4 cm³/mol. The van der Waals surface area contributed by atoms with Crippen molar-refractivity contribution in [3.63, 3.8) is 0 Å². The number of rotatable bonds is 4. The number of phenolic OH excluding ortho intramolecular Hbond substituents is 2. The van der Waals surface area contributed by atoms with E-state index in [9.17, 15) is 10.2 Å². The highest BCUT2D eigenvalue weighted by atomic mass is 16.3. The van der Waals surface area contributed by atoms with Gasteiger partial charge in [0.05, 0.1) is 0 Å². The highest BCUT2D eigenvalue weighted by Crippen LogP contribution is 2.35. The minimum atomic E-state index is 0.175. The van der Waals surface area contributed by atoms with Crippen molar-refractivity contribution in [3.8, 4) is 11.5 Å². The van der Waals surface area contributed by atoms with E-state index in [2.05, 4.69) is 24.1 Å². The number of nitrogens with zero attached hydrogens (tertiary/aromatic N) is 1. The van der Waals surface area contributed by atoms with Gasteiger partial charge in [0, 0.05) is 37.8 Å². The van der Waals surface area contributed by atoms with Gasteiger partial charge in [-0.25, -0.2) is 0 Å². The van der Waals surface area contributed by atoms with Crippen molar-refractivity contribution < 1.29 is 10.2 Å². The fourth-order valence-corrected chi connectivity index (χ4v) is 2.72. The van der Waals surface area contributed by atoms with E-state index in [4.69, 9.17) is 0 Å². The zero-order valence-electron chi connectivity index (χ0n) is 11.8. The number of hydrogen-bond donors (Lipinski definition) is 3. The molecule has 1 aliphatic heterocycles. The molecule has 4 nitrogen and oxygen atoms in total. The molecule has 0 aromatic heterocycles. The maximum absolute atomic E-state index is 10.1. The average Bonchev–Trinajstić information content (AvgIpc) is 2.40. The third-order valence-electron chi connectivity index (χ3n) is 3.66. The van der Waals surface area contributed by atoms with E-state index in [0.29, 0.717) is 5.92 Å². The summed E-state index contributed by atoms with van der Waals surface area (Å²) < 4.78 is 0. The van der Waals surface area contributed by atoms with Gasteiger partial charge in [-0.3, -0.25) is 4.90 Å². The Kier molecular flexibility index (Phi) is 4.66. The second-order valence-corrected chi connectivity index (χ2v) is 5.67. The highest BCUT2D eigenvalue weighted by molar-refractivity contribution is 5.40. The molecule has 1 aliphatic rings. The summed E-state index contributed by atoms with van der Waals surface area (Å²) in [5, 5.41) is 23.1. The van der Waals surface area contributed by atoms with Gasteiger partial charge in [-0.15, -0.1) is 0 Å². The number of benzene rings is 1. The lowest BCUT2D eigenvalue weighted by molar-refractivity contribution is 0.151. The molecule has 106 valence electrons. The van der Waals surface area contributed by atoms with Crippen LogP contribution in [0.3, 0.4) is 0 Å². The number of phenols is 2. The van der Waals surface area contributed by atoms with Crippen molar-refractivity contribution >= 4 is 0 Å². The smallest absolute Gasteiger partial charge is 0.120 e. The van der Waals surface area contributed by atoms with E-state index in [1.165, 1.54) is 6.07 Å². The molecular weight excluding hydrogens is 240 g/mol. The molecule has 0 bridgehead atoms. The minimum absolute atomic E-state index is 0.175. The Morgan fingerprint density at radius 1 is 1.21 bits per heavy atom. The molecule has 0 amide bonds. The van der Waals surface area contributed by atoms with Crippen LogP contribution < -0.4 is 5.32 Å². The van der Waals surface area contributed by atoms with Crippen LogP contribution in [0, 0.1) is 5.92 Å². The van der Waals surface area contributed by atoms with Gasteiger partial charge in [-0.05, 0) is 30.5 Å². The first kappa shape index (κ1) is 14.2. The van der Waals surface area contributed by atoms with E-state index in [1.807, 2.05) is 0 Å². The Bertz CT molecular complexity index is 415. The summed E-state index contributed by atoms with van der Waals surface area (Å²) in [6.45, 7) is 8.30. The van der Waals surface area contributed by atoms with Gasteiger partial charge < -0.3 is 15.5 Å². The Hall–Kier alpha value is -1.26.